The monoisotopic (exact) mass is 333 g/mol. The minimum Gasteiger partial charge on any atom is -0.477 e. The predicted octanol–water partition coefficient (Wildman–Crippen LogP) is 2.22. The molecule has 2 heterocycles. The summed E-state index contributed by atoms with van der Waals surface area (Å²) in [5.74, 6) is -0.979. The first-order valence-electron chi connectivity index (χ1n) is 6.39. The fraction of sp³-hybridized carbons (Fsp3) is 0.154. The molecule has 9 heteroatoms. The molecule has 0 aliphatic carbocycles. The van der Waals surface area contributed by atoms with Gasteiger partial charge >= 0.3 is 5.97 Å². The van der Waals surface area contributed by atoms with Gasteiger partial charge in [0.2, 0.25) is 5.16 Å². The second-order valence-corrected chi connectivity index (χ2v) is 6.56. The maximum atomic E-state index is 10.9. The van der Waals surface area contributed by atoms with Crippen LogP contribution in [0, 0.1) is 0 Å². The molecule has 0 aliphatic rings. The van der Waals surface area contributed by atoms with Crippen molar-refractivity contribution in [1.82, 2.24) is 25.2 Å². The first-order chi connectivity index (χ1) is 10.7. The number of carboxylic acids is 1. The van der Waals surface area contributed by atoms with Crippen molar-refractivity contribution in [2.45, 2.75) is 22.5 Å². The van der Waals surface area contributed by atoms with E-state index in [0.717, 1.165) is 17.8 Å². The van der Waals surface area contributed by atoms with E-state index in [9.17, 15) is 4.79 Å². The van der Waals surface area contributed by atoms with Gasteiger partial charge in [-0.05, 0) is 34.2 Å². The Morgan fingerprint density at radius 2 is 2.14 bits per heavy atom. The summed E-state index contributed by atoms with van der Waals surface area (Å²) in [6.45, 7) is 0.649. The number of hydrogen-bond acceptors (Lipinski definition) is 7. The molecule has 0 saturated carbocycles. The van der Waals surface area contributed by atoms with Crippen molar-refractivity contribution in [3.8, 4) is 0 Å². The van der Waals surface area contributed by atoms with Crippen LogP contribution in [0.25, 0.3) is 0 Å². The van der Waals surface area contributed by atoms with Gasteiger partial charge in [-0.3, -0.25) is 0 Å². The molecule has 112 valence electrons. The number of carbonyl (C=O) groups is 1. The maximum Gasteiger partial charge on any atom is 0.347 e. The standard InChI is InChI=1S/C13H11N5O2S2/c19-11(20)10-8-14-13(21-10)22-12-15-16-17-18(12)7-6-9-4-2-1-3-5-9/h1-5,8H,6-7H2,(H,19,20). The van der Waals surface area contributed by atoms with E-state index < -0.39 is 5.97 Å². The van der Waals surface area contributed by atoms with Gasteiger partial charge in [0.25, 0.3) is 0 Å². The molecular formula is C13H11N5O2S2. The van der Waals surface area contributed by atoms with Gasteiger partial charge in [0.05, 0.1) is 6.20 Å². The number of tetrazole rings is 1. The normalized spacial score (nSPS) is 10.7. The van der Waals surface area contributed by atoms with Crippen LogP contribution in [0.5, 0.6) is 0 Å². The Morgan fingerprint density at radius 3 is 2.86 bits per heavy atom. The Labute approximate surface area is 134 Å². The third-order valence-electron chi connectivity index (χ3n) is 2.83. The number of hydrogen-bond donors (Lipinski definition) is 1. The van der Waals surface area contributed by atoms with Crippen molar-refractivity contribution < 1.29 is 9.90 Å². The highest BCUT2D eigenvalue weighted by Crippen LogP contribution is 2.29. The van der Waals surface area contributed by atoms with Crippen molar-refractivity contribution in [3.63, 3.8) is 0 Å². The number of aromatic nitrogens is 5. The number of nitrogens with zero attached hydrogens (tertiary/aromatic N) is 5. The van der Waals surface area contributed by atoms with E-state index in [2.05, 4.69) is 32.6 Å². The van der Waals surface area contributed by atoms with Crippen molar-refractivity contribution >= 4 is 29.1 Å². The van der Waals surface area contributed by atoms with Gasteiger partial charge in [-0.15, -0.1) is 16.4 Å². The molecule has 22 heavy (non-hydrogen) atoms. The van der Waals surface area contributed by atoms with Crippen LogP contribution in [0.3, 0.4) is 0 Å². The Hall–Kier alpha value is -2.26. The quantitative estimate of drug-likeness (QED) is 0.739. The zero-order chi connectivity index (χ0) is 15.4. The fourth-order valence-corrected chi connectivity index (χ4v) is 3.49. The van der Waals surface area contributed by atoms with E-state index in [1.807, 2.05) is 18.2 Å². The van der Waals surface area contributed by atoms with Crippen molar-refractivity contribution in [3.05, 3.63) is 47.0 Å². The number of aromatic carboxylic acids is 1. The van der Waals surface area contributed by atoms with Crippen molar-refractivity contribution in [2.24, 2.45) is 0 Å². The molecular weight excluding hydrogens is 322 g/mol. The summed E-state index contributed by atoms with van der Waals surface area (Å²) >= 11 is 2.37. The lowest BCUT2D eigenvalue weighted by Gasteiger charge is -2.03. The number of rotatable bonds is 6. The highest BCUT2D eigenvalue weighted by Gasteiger charge is 2.13. The topological polar surface area (TPSA) is 93.8 Å². The molecule has 0 unspecified atom stereocenters. The average Bonchev–Trinajstić information content (AvgIpc) is 3.16. The van der Waals surface area contributed by atoms with Crippen molar-refractivity contribution in [2.75, 3.05) is 0 Å². The van der Waals surface area contributed by atoms with Gasteiger partial charge in [-0.1, -0.05) is 30.3 Å². The third kappa shape index (κ3) is 3.49. The molecule has 0 bridgehead atoms. The van der Waals surface area contributed by atoms with E-state index in [-0.39, 0.29) is 4.88 Å². The molecule has 0 aliphatic heterocycles. The van der Waals surface area contributed by atoms with Gasteiger partial charge in [0, 0.05) is 6.54 Å². The smallest absolute Gasteiger partial charge is 0.347 e. The second kappa shape index (κ2) is 6.67. The summed E-state index contributed by atoms with van der Waals surface area (Å²) in [5.41, 5.74) is 1.20. The Balaban J connectivity index is 1.67. The molecule has 7 nitrogen and oxygen atoms in total. The van der Waals surface area contributed by atoms with Gasteiger partial charge in [-0.2, -0.15) is 0 Å². The van der Waals surface area contributed by atoms with Crippen LogP contribution in [0.4, 0.5) is 0 Å². The number of carboxylic acid groups (broad SMARTS) is 1. The van der Waals surface area contributed by atoms with Crippen LogP contribution < -0.4 is 0 Å². The van der Waals surface area contributed by atoms with Crippen LogP contribution in [0.15, 0.2) is 46.0 Å². The molecule has 0 atom stereocenters. The fourth-order valence-electron chi connectivity index (χ4n) is 1.77. The molecule has 1 N–H and O–H groups in total. The van der Waals surface area contributed by atoms with E-state index >= 15 is 0 Å². The summed E-state index contributed by atoms with van der Waals surface area (Å²) in [7, 11) is 0. The van der Waals surface area contributed by atoms with Crippen molar-refractivity contribution in [1.29, 1.82) is 0 Å². The lowest BCUT2D eigenvalue weighted by atomic mass is 10.2. The molecule has 2 aromatic heterocycles. The summed E-state index contributed by atoms with van der Waals surface area (Å²) in [6.07, 6.45) is 2.16. The zero-order valence-electron chi connectivity index (χ0n) is 11.3. The van der Waals surface area contributed by atoms with Crippen LogP contribution in [0.1, 0.15) is 15.2 Å². The summed E-state index contributed by atoms with van der Waals surface area (Å²) in [6, 6.07) is 10.1. The highest BCUT2D eigenvalue weighted by atomic mass is 32.2. The first-order valence-corrected chi connectivity index (χ1v) is 8.03. The Morgan fingerprint density at radius 1 is 1.32 bits per heavy atom. The van der Waals surface area contributed by atoms with Crippen LogP contribution in [-0.2, 0) is 13.0 Å². The summed E-state index contributed by atoms with van der Waals surface area (Å²) in [5, 5.41) is 21.1. The van der Waals surface area contributed by atoms with Gasteiger partial charge in [-0.25, -0.2) is 14.5 Å². The molecule has 0 spiro atoms. The molecule has 3 aromatic rings. The third-order valence-corrected chi connectivity index (χ3v) is 4.86. The Kier molecular flexibility index (Phi) is 4.45. The zero-order valence-corrected chi connectivity index (χ0v) is 12.9. The molecule has 0 saturated heterocycles. The lowest BCUT2D eigenvalue weighted by Crippen LogP contribution is -2.05. The second-order valence-electron chi connectivity index (χ2n) is 4.32. The van der Waals surface area contributed by atoms with Crippen LogP contribution >= 0.6 is 23.1 Å². The van der Waals surface area contributed by atoms with E-state index in [0.29, 0.717) is 16.0 Å². The number of thiazole rings is 1. The number of benzene rings is 1. The molecule has 0 radical (unpaired) electrons. The van der Waals surface area contributed by atoms with Gasteiger partial charge in [0.15, 0.2) is 4.34 Å². The van der Waals surface area contributed by atoms with Crippen LogP contribution in [0.2, 0.25) is 0 Å². The highest BCUT2D eigenvalue weighted by molar-refractivity contribution is 8.00. The SMILES string of the molecule is O=C(O)c1cnc(Sc2nnnn2CCc2ccccc2)s1. The first kappa shape index (κ1) is 14.7. The minimum atomic E-state index is -0.979. The molecule has 3 rings (SSSR count). The number of aryl methyl sites for hydroxylation is 2. The van der Waals surface area contributed by atoms with E-state index in [1.54, 1.807) is 4.68 Å². The lowest BCUT2D eigenvalue weighted by molar-refractivity contribution is 0.0702. The molecule has 1 aromatic carbocycles. The Bertz CT molecular complexity index is 772. The molecule has 0 fully saturated rings. The predicted molar refractivity (Wildman–Crippen MR) is 81.2 cm³/mol. The van der Waals surface area contributed by atoms with Crippen LogP contribution in [-0.4, -0.2) is 36.3 Å². The molecule has 0 amide bonds. The van der Waals surface area contributed by atoms with Gasteiger partial charge in [0.1, 0.15) is 4.88 Å². The summed E-state index contributed by atoms with van der Waals surface area (Å²) < 4.78 is 2.30. The minimum absolute atomic E-state index is 0.200. The maximum absolute atomic E-state index is 10.9. The van der Waals surface area contributed by atoms with Gasteiger partial charge < -0.3 is 5.11 Å². The summed E-state index contributed by atoms with van der Waals surface area (Å²) in [4.78, 5) is 15.1. The largest absolute Gasteiger partial charge is 0.477 e. The van der Waals surface area contributed by atoms with E-state index in [1.165, 1.54) is 23.5 Å². The van der Waals surface area contributed by atoms with E-state index in [4.69, 9.17) is 5.11 Å². The average molecular weight is 333 g/mol.